The molecule has 2 fully saturated rings. The zero-order chi connectivity index (χ0) is 24.0. The van der Waals surface area contributed by atoms with Gasteiger partial charge in [-0.2, -0.15) is 5.10 Å². The van der Waals surface area contributed by atoms with Crippen LogP contribution in [0.3, 0.4) is 0 Å². The normalized spacial score (nSPS) is 17.3. The molecule has 7 heteroatoms. The predicted octanol–water partition coefficient (Wildman–Crippen LogP) is 5.06. The van der Waals surface area contributed by atoms with Crippen molar-refractivity contribution in [2.45, 2.75) is 31.6 Å². The Labute approximate surface area is 204 Å². The SMILES string of the molecule is CC1(c2nn(-c3ccccc3)c3nc(C(=O)O)cc(-c4ccc(N5CCOCC5)cc4)c23)CCC1. The molecule has 1 saturated carbocycles. The number of pyridine rings is 1. The highest BCUT2D eigenvalue weighted by atomic mass is 16.5. The molecule has 3 heterocycles. The summed E-state index contributed by atoms with van der Waals surface area (Å²) in [6.07, 6.45) is 3.29. The summed E-state index contributed by atoms with van der Waals surface area (Å²) in [5.74, 6) is -1.05. The topological polar surface area (TPSA) is 80.5 Å². The third-order valence-corrected chi connectivity index (χ3v) is 7.44. The van der Waals surface area contributed by atoms with Gasteiger partial charge in [-0.1, -0.05) is 43.7 Å². The Morgan fingerprint density at radius 2 is 1.71 bits per heavy atom. The van der Waals surface area contributed by atoms with Crippen LogP contribution in [0.25, 0.3) is 27.8 Å². The lowest BCUT2D eigenvalue weighted by Crippen LogP contribution is -2.36. The van der Waals surface area contributed by atoms with E-state index in [1.807, 2.05) is 35.0 Å². The third kappa shape index (κ3) is 3.76. The highest BCUT2D eigenvalue weighted by Gasteiger charge is 2.39. The average Bonchev–Trinajstić information content (AvgIpc) is 3.28. The number of carboxylic acids is 1. The Morgan fingerprint density at radius 1 is 1.00 bits per heavy atom. The lowest BCUT2D eigenvalue weighted by Gasteiger charge is -2.37. The molecule has 2 aromatic heterocycles. The molecule has 178 valence electrons. The number of ether oxygens (including phenoxy) is 1. The molecule has 0 spiro atoms. The lowest BCUT2D eigenvalue weighted by molar-refractivity contribution is 0.0691. The van der Waals surface area contributed by atoms with E-state index in [9.17, 15) is 9.90 Å². The minimum Gasteiger partial charge on any atom is -0.477 e. The summed E-state index contributed by atoms with van der Waals surface area (Å²) < 4.78 is 7.30. The molecule has 1 N–H and O–H groups in total. The Balaban J connectivity index is 1.57. The maximum Gasteiger partial charge on any atom is 0.354 e. The first-order valence-electron chi connectivity index (χ1n) is 12.2. The number of anilines is 1. The van der Waals surface area contributed by atoms with E-state index in [-0.39, 0.29) is 11.1 Å². The molecule has 0 radical (unpaired) electrons. The van der Waals surface area contributed by atoms with E-state index in [4.69, 9.17) is 9.84 Å². The van der Waals surface area contributed by atoms with Gasteiger partial charge in [0.05, 0.1) is 30.0 Å². The van der Waals surface area contributed by atoms with E-state index in [1.165, 1.54) is 6.42 Å². The van der Waals surface area contributed by atoms with Crippen LogP contribution >= 0.6 is 0 Å². The Hall–Kier alpha value is -3.71. The minimum absolute atomic E-state index is 0.0205. The number of morpholine rings is 1. The fraction of sp³-hybridized carbons (Fsp3) is 0.321. The van der Waals surface area contributed by atoms with E-state index in [1.54, 1.807) is 6.07 Å². The maximum absolute atomic E-state index is 12.1. The van der Waals surface area contributed by atoms with E-state index >= 15 is 0 Å². The average molecular weight is 469 g/mol. The van der Waals surface area contributed by atoms with Gasteiger partial charge in [-0.25, -0.2) is 14.5 Å². The van der Waals surface area contributed by atoms with Gasteiger partial charge < -0.3 is 14.7 Å². The van der Waals surface area contributed by atoms with E-state index in [0.29, 0.717) is 5.65 Å². The Morgan fingerprint density at radius 3 is 2.34 bits per heavy atom. The van der Waals surface area contributed by atoms with E-state index in [0.717, 1.165) is 72.7 Å². The molecule has 0 unspecified atom stereocenters. The molecule has 0 bridgehead atoms. The van der Waals surface area contributed by atoms with Gasteiger partial charge in [0.2, 0.25) is 0 Å². The highest BCUT2D eigenvalue weighted by molar-refractivity contribution is 6.00. The molecule has 6 rings (SSSR count). The van der Waals surface area contributed by atoms with Gasteiger partial charge in [-0.3, -0.25) is 0 Å². The number of benzene rings is 2. The number of carbonyl (C=O) groups is 1. The molecular weight excluding hydrogens is 440 g/mol. The van der Waals surface area contributed by atoms with Crippen molar-refractivity contribution in [2.75, 3.05) is 31.2 Å². The summed E-state index contributed by atoms with van der Waals surface area (Å²) in [5.41, 5.74) is 5.41. The second-order valence-corrected chi connectivity index (χ2v) is 9.72. The van der Waals surface area contributed by atoms with Crippen LogP contribution in [0.1, 0.15) is 42.4 Å². The van der Waals surface area contributed by atoms with Gasteiger partial charge in [0.1, 0.15) is 0 Å². The second kappa shape index (κ2) is 8.50. The van der Waals surface area contributed by atoms with Crippen LogP contribution in [0.15, 0.2) is 60.7 Å². The molecule has 2 aliphatic rings. The van der Waals surface area contributed by atoms with Crippen LogP contribution in [0, 0.1) is 0 Å². The first-order chi connectivity index (χ1) is 17.0. The number of nitrogens with zero attached hydrogens (tertiary/aromatic N) is 4. The van der Waals surface area contributed by atoms with Crippen molar-refractivity contribution in [2.24, 2.45) is 0 Å². The molecule has 2 aromatic carbocycles. The quantitative estimate of drug-likeness (QED) is 0.441. The maximum atomic E-state index is 12.1. The Bertz CT molecular complexity index is 1390. The number of rotatable bonds is 5. The van der Waals surface area contributed by atoms with Crippen molar-refractivity contribution in [3.05, 3.63) is 72.1 Å². The number of carboxylic acid groups (broad SMARTS) is 1. The molecule has 0 atom stereocenters. The first-order valence-corrected chi connectivity index (χ1v) is 12.2. The van der Waals surface area contributed by atoms with Crippen LogP contribution in [0.2, 0.25) is 0 Å². The van der Waals surface area contributed by atoms with Crippen LogP contribution < -0.4 is 4.90 Å². The molecule has 4 aromatic rings. The number of aromatic carboxylic acids is 1. The smallest absolute Gasteiger partial charge is 0.354 e. The summed E-state index contributed by atoms with van der Waals surface area (Å²) in [7, 11) is 0. The van der Waals surface area contributed by atoms with Crippen LogP contribution in [0.5, 0.6) is 0 Å². The summed E-state index contributed by atoms with van der Waals surface area (Å²) in [6.45, 7) is 5.46. The number of fused-ring (bicyclic) bond motifs is 1. The van der Waals surface area contributed by atoms with Gasteiger partial charge in [0, 0.05) is 24.2 Å². The molecule has 35 heavy (non-hydrogen) atoms. The lowest BCUT2D eigenvalue weighted by atomic mass is 9.67. The minimum atomic E-state index is -1.05. The monoisotopic (exact) mass is 468 g/mol. The van der Waals surface area contributed by atoms with Crippen molar-refractivity contribution in [3.8, 4) is 16.8 Å². The van der Waals surface area contributed by atoms with Crippen molar-refractivity contribution in [1.82, 2.24) is 14.8 Å². The summed E-state index contributed by atoms with van der Waals surface area (Å²) in [5, 5.41) is 15.9. The zero-order valence-electron chi connectivity index (χ0n) is 19.8. The molecule has 7 nitrogen and oxygen atoms in total. The summed E-state index contributed by atoms with van der Waals surface area (Å²) in [6, 6.07) is 19.9. The third-order valence-electron chi connectivity index (χ3n) is 7.44. The van der Waals surface area contributed by atoms with Gasteiger partial charge in [-0.15, -0.1) is 0 Å². The fourth-order valence-electron chi connectivity index (χ4n) is 5.24. The summed E-state index contributed by atoms with van der Waals surface area (Å²) >= 11 is 0. The van der Waals surface area contributed by atoms with Crippen LogP contribution in [0.4, 0.5) is 5.69 Å². The van der Waals surface area contributed by atoms with Crippen LogP contribution in [-0.4, -0.2) is 52.1 Å². The highest BCUT2D eigenvalue weighted by Crippen LogP contribution is 2.47. The number of hydrogen-bond acceptors (Lipinski definition) is 5. The van der Waals surface area contributed by atoms with Gasteiger partial charge >= 0.3 is 5.97 Å². The number of hydrogen-bond donors (Lipinski definition) is 1. The molecule has 1 aliphatic carbocycles. The van der Waals surface area contributed by atoms with Crippen molar-refractivity contribution < 1.29 is 14.6 Å². The Kier molecular flexibility index (Phi) is 5.29. The van der Waals surface area contributed by atoms with Gasteiger partial charge in [-0.05, 0) is 54.3 Å². The standard InChI is InChI=1S/C28H28N4O3/c1-28(12-5-13-28)25-24-22(19-8-10-20(11-9-19)31-14-16-35-17-15-31)18-23(27(33)34)29-26(24)32(30-25)21-6-3-2-4-7-21/h2-4,6-11,18H,5,12-17H2,1H3,(H,33,34). The summed E-state index contributed by atoms with van der Waals surface area (Å²) in [4.78, 5) is 19.0. The van der Waals surface area contributed by atoms with Crippen molar-refractivity contribution in [3.63, 3.8) is 0 Å². The van der Waals surface area contributed by atoms with E-state index in [2.05, 4.69) is 41.1 Å². The van der Waals surface area contributed by atoms with Crippen LogP contribution in [-0.2, 0) is 10.2 Å². The first kappa shape index (κ1) is 21.8. The van der Waals surface area contributed by atoms with Gasteiger partial charge in [0.15, 0.2) is 11.3 Å². The largest absolute Gasteiger partial charge is 0.477 e. The fourth-order valence-corrected chi connectivity index (χ4v) is 5.24. The number of para-hydroxylation sites is 1. The predicted molar refractivity (Wildman–Crippen MR) is 135 cm³/mol. The molecule has 1 saturated heterocycles. The van der Waals surface area contributed by atoms with Gasteiger partial charge in [0.25, 0.3) is 0 Å². The zero-order valence-corrected chi connectivity index (χ0v) is 19.8. The molecular formula is C28H28N4O3. The second-order valence-electron chi connectivity index (χ2n) is 9.72. The molecule has 1 aliphatic heterocycles. The van der Waals surface area contributed by atoms with Crippen molar-refractivity contribution in [1.29, 1.82) is 0 Å². The number of aromatic nitrogens is 3. The van der Waals surface area contributed by atoms with E-state index < -0.39 is 5.97 Å². The van der Waals surface area contributed by atoms with Crippen molar-refractivity contribution >= 4 is 22.7 Å². The molecule has 0 amide bonds.